The molecule has 0 radical (unpaired) electrons. The van der Waals surface area contributed by atoms with Crippen LogP contribution in [0.2, 0.25) is 0 Å². The monoisotopic (exact) mass is 930 g/mol. The summed E-state index contributed by atoms with van der Waals surface area (Å²) in [5.41, 5.74) is 17.0. The maximum Gasteiger partial charge on any atom is 0.260 e. The Bertz CT molecular complexity index is 4560. The van der Waals surface area contributed by atoms with Crippen molar-refractivity contribution < 1.29 is 9.47 Å². The van der Waals surface area contributed by atoms with Crippen molar-refractivity contribution in [3.8, 4) is 45.7 Å². The molecule has 0 atom stereocenters. The van der Waals surface area contributed by atoms with Crippen molar-refractivity contribution in [2.45, 2.75) is 0 Å². The van der Waals surface area contributed by atoms with E-state index in [0.29, 0.717) is 0 Å². The molecule has 2 aliphatic rings. The molecule has 17 rings (SSSR count). The highest BCUT2D eigenvalue weighted by atomic mass is 16.5. The highest BCUT2D eigenvalue weighted by Gasteiger charge is 2.41. The fourth-order valence-electron chi connectivity index (χ4n) is 13.0. The lowest BCUT2D eigenvalue weighted by Crippen LogP contribution is -2.57. The number of aromatic nitrogens is 4. The molecule has 0 N–H and O–H groups in total. The number of hydrogen-bond acceptors (Lipinski definition) is 2. The Labute approximate surface area is 418 Å². The van der Waals surface area contributed by atoms with Gasteiger partial charge in [0.15, 0.2) is 0 Å². The van der Waals surface area contributed by atoms with Crippen LogP contribution in [0.5, 0.6) is 23.0 Å². The predicted octanol–water partition coefficient (Wildman–Crippen LogP) is 14.8. The largest absolute Gasteiger partial charge is 0.458 e. The third-order valence-corrected chi connectivity index (χ3v) is 15.8. The Morgan fingerprint density at radius 3 is 1.11 bits per heavy atom. The Morgan fingerprint density at radius 1 is 0.260 bits per heavy atom. The minimum Gasteiger partial charge on any atom is -0.458 e. The van der Waals surface area contributed by atoms with E-state index in [2.05, 4.69) is 249 Å². The summed E-state index contributed by atoms with van der Waals surface area (Å²) >= 11 is 0. The van der Waals surface area contributed by atoms with Crippen LogP contribution in [-0.4, -0.2) is 25.0 Å². The summed E-state index contributed by atoms with van der Waals surface area (Å²) < 4.78 is 23.5. The summed E-state index contributed by atoms with van der Waals surface area (Å²) in [6, 6.07) is 85.8. The van der Waals surface area contributed by atoms with Gasteiger partial charge in [-0.1, -0.05) is 127 Å². The Kier molecular flexibility index (Phi) is 7.73. The number of benzene rings is 11. The van der Waals surface area contributed by atoms with Crippen molar-refractivity contribution in [1.29, 1.82) is 0 Å². The average molecular weight is 931 g/mol. The molecule has 338 valence electrons. The van der Waals surface area contributed by atoms with Crippen LogP contribution in [0.15, 0.2) is 237 Å². The number of nitrogens with zero attached hydrogens (tertiary/aromatic N) is 4. The fraction of sp³-hybridized carbons (Fsp3) is 0. The molecule has 2 aliphatic heterocycles. The van der Waals surface area contributed by atoms with E-state index in [1.807, 2.05) is 6.07 Å². The molecule has 11 aromatic carbocycles. The van der Waals surface area contributed by atoms with E-state index in [9.17, 15) is 0 Å². The fourth-order valence-corrected chi connectivity index (χ4v) is 13.0. The third kappa shape index (κ3) is 5.22. The minimum atomic E-state index is -0.167. The maximum absolute atomic E-state index is 6.87. The Morgan fingerprint density at radius 2 is 0.658 bits per heavy atom. The predicted molar refractivity (Wildman–Crippen MR) is 301 cm³/mol. The molecule has 0 spiro atoms. The highest BCUT2D eigenvalue weighted by Crippen LogP contribution is 2.45. The van der Waals surface area contributed by atoms with Crippen molar-refractivity contribution in [2.24, 2.45) is 0 Å². The van der Waals surface area contributed by atoms with Crippen LogP contribution in [-0.2, 0) is 0 Å². The second-order valence-electron chi connectivity index (χ2n) is 19.5. The zero-order chi connectivity index (χ0) is 47.5. The van der Waals surface area contributed by atoms with E-state index in [1.165, 1.54) is 65.2 Å². The number of ether oxygens (including phenoxy) is 2. The lowest BCUT2D eigenvalue weighted by atomic mass is 9.35. The van der Waals surface area contributed by atoms with Gasteiger partial charge in [-0.3, -0.25) is 0 Å². The van der Waals surface area contributed by atoms with Crippen LogP contribution in [0.3, 0.4) is 0 Å². The van der Waals surface area contributed by atoms with Gasteiger partial charge in [-0.25, -0.2) is 0 Å². The minimum absolute atomic E-state index is 0.167. The molecule has 6 heterocycles. The molecule has 15 aromatic rings. The van der Waals surface area contributed by atoms with Crippen molar-refractivity contribution in [3.63, 3.8) is 0 Å². The van der Waals surface area contributed by atoms with Crippen LogP contribution < -0.4 is 25.9 Å². The van der Waals surface area contributed by atoms with Crippen LogP contribution in [0.1, 0.15) is 0 Å². The number of fused-ring (bicyclic) bond motifs is 18. The average Bonchev–Trinajstić information content (AvgIpc) is 4.18. The van der Waals surface area contributed by atoms with Gasteiger partial charge in [-0.15, -0.1) is 0 Å². The topological polar surface area (TPSA) is 38.2 Å². The summed E-state index contributed by atoms with van der Waals surface area (Å²) in [5.74, 6) is 3.33. The quantitative estimate of drug-likeness (QED) is 0.165. The van der Waals surface area contributed by atoms with Gasteiger partial charge in [0.25, 0.3) is 6.71 Å². The van der Waals surface area contributed by atoms with Gasteiger partial charge < -0.3 is 27.7 Å². The Balaban J connectivity index is 0.898. The van der Waals surface area contributed by atoms with Crippen molar-refractivity contribution >= 4 is 110 Å². The molecule has 0 fully saturated rings. The Hall–Kier alpha value is -9.72. The molecular formula is C66H39BN4O2. The van der Waals surface area contributed by atoms with E-state index in [1.54, 1.807) is 0 Å². The van der Waals surface area contributed by atoms with Crippen molar-refractivity contribution in [1.82, 2.24) is 18.3 Å². The highest BCUT2D eigenvalue weighted by molar-refractivity contribution is 6.98. The van der Waals surface area contributed by atoms with Crippen LogP contribution in [0, 0.1) is 0 Å². The molecule has 4 aromatic heterocycles. The third-order valence-electron chi connectivity index (χ3n) is 15.8. The van der Waals surface area contributed by atoms with E-state index in [4.69, 9.17) is 9.47 Å². The SMILES string of the molecule is c1ccc(-n2c3ccccc3c3ccc4c(c5ccccc5n4-c4ccc5c(c4)B4c6cc(-n7c8ccccc8c8c7ccc7c9ccccc9n(-c9ccccc9)c78)ccc6Oc6cccc(c64)O5)c32)cc1. The van der Waals surface area contributed by atoms with Gasteiger partial charge in [0, 0.05) is 71.3 Å². The van der Waals surface area contributed by atoms with Gasteiger partial charge in [0.2, 0.25) is 0 Å². The van der Waals surface area contributed by atoms with E-state index in [-0.39, 0.29) is 6.71 Å². The maximum atomic E-state index is 6.87. The molecule has 0 saturated heterocycles. The molecule has 0 saturated carbocycles. The van der Waals surface area contributed by atoms with Crippen LogP contribution in [0.4, 0.5) is 0 Å². The first-order valence-electron chi connectivity index (χ1n) is 25.0. The number of para-hydroxylation sites is 6. The molecule has 0 bridgehead atoms. The molecule has 0 unspecified atom stereocenters. The van der Waals surface area contributed by atoms with E-state index in [0.717, 1.165) is 84.2 Å². The molecule has 0 aliphatic carbocycles. The lowest BCUT2D eigenvalue weighted by Gasteiger charge is -2.33. The zero-order valence-corrected chi connectivity index (χ0v) is 39.2. The molecule has 73 heavy (non-hydrogen) atoms. The van der Waals surface area contributed by atoms with Crippen molar-refractivity contribution in [2.75, 3.05) is 0 Å². The summed E-state index contributed by atoms with van der Waals surface area (Å²) in [7, 11) is 0. The molecule has 6 nitrogen and oxygen atoms in total. The smallest absolute Gasteiger partial charge is 0.260 e. The summed E-state index contributed by atoms with van der Waals surface area (Å²) in [6.07, 6.45) is 0. The molecular weight excluding hydrogens is 892 g/mol. The lowest BCUT2D eigenvalue weighted by molar-refractivity contribution is 0.464. The molecule has 7 heteroatoms. The zero-order valence-electron chi connectivity index (χ0n) is 39.2. The van der Waals surface area contributed by atoms with Crippen LogP contribution >= 0.6 is 0 Å². The van der Waals surface area contributed by atoms with Gasteiger partial charge in [-0.2, -0.15) is 0 Å². The van der Waals surface area contributed by atoms with Crippen molar-refractivity contribution in [3.05, 3.63) is 237 Å². The first-order valence-corrected chi connectivity index (χ1v) is 25.0. The number of hydrogen-bond donors (Lipinski definition) is 0. The summed E-state index contributed by atoms with van der Waals surface area (Å²) in [5, 5.41) is 9.81. The molecule has 0 amide bonds. The van der Waals surface area contributed by atoms with Gasteiger partial charge in [0.1, 0.15) is 23.0 Å². The summed E-state index contributed by atoms with van der Waals surface area (Å²) in [6.45, 7) is -0.167. The number of rotatable bonds is 4. The summed E-state index contributed by atoms with van der Waals surface area (Å²) in [4.78, 5) is 0. The van der Waals surface area contributed by atoms with Gasteiger partial charge in [-0.05, 0) is 120 Å². The standard InChI is InChI=1S/C66H39BN4O2/c1-3-16-40(17-4-1)70-52-24-11-7-20-44(52)46-32-34-56-62(65(46)70)48-22-9-13-26-54(48)68(56)42-30-36-58-50(38-42)67-51-39-43(31-37-59(51)73-61-29-15-28-60(72-58)64(61)67)69-55-27-14-10-23-49(55)63-57(69)35-33-47-45-21-8-12-25-53(45)71(66(47)63)41-18-5-2-6-19-41/h1-39H. The normalized spacial score (nSPS) is 12.8. The van der Waals surface area contributed by atoms with Crippen LogP contribution in [0.25, 0.3) is 110 Å². The second-order valence-corrected chi connectivity index (χ2v) is 19.5. The van der Waals surface area contributed by atoms with Gasteiger partial charge in [0.05, 0.1) is 44.1 Å². The van der Waals surface area contributed by atoms with E-state index >= 15 is 0 Å². The van der Waals surface area contributed by atoms with E-state index < -0.39 is 0 Å². The second kappa shape index (κ2) is 14.4. The first-order chi connectivity index (χ1) is 36.2. The van der Waals surface area contributed by atoms with Gasteiger partial charge >= 0.3 is 0 Å². The first kappa shape index (κ1) is 39.1.